The fourth-order valence-electron chi connectivity index (χ4n) is 0.601. The average Bonchev–Trinajstić information content (AvgIpc) is 2.03. The molecule has 2 unspecified atom stereocenters. The van der Waals surface area contributed by atoms with E-state index >= 15 is 0 Å². The van der Waals surface area contributed by atoms with E-state index in [1.807, 2.05) is 0 Å². The summed E-state index contributed by atoms with van der Waals surface area (Å²) < 4.78 is 10.1. The summed E-state index contributed by atoms with van der Waals surface area (Å²) in [5.41, 5.74) is 5.62. The SMILES string of the molecule is CC(C#P=O)(CO)C(O)C(N)=O. The van der Waals surface area contributed by atoms with Gasteiger partial charge in [-0.1, -0.05) is 0 Å². The van der Waals surface area contributed by atoms with E-state index in [1.54, 1.807) is 0 Å². The second-order valence-corrected chi connectivity index (χ2v) is 2.99. The van der Waals surface area contributed by atoms with Crippen molar-refractivity contribution >= 4 is 13.8 Å². The first-order valence-electron chi connectivity index (χ1n) is 3.15. The molecular formula is C6H10NO4P. The van der Waals surface area contributed by atoms with Crippen LogP contribution >= 0.6 is 7.92 Å². The molecule has 0 saturated carbocycles. The average molecular weight is 191 g/mol. The summed E-state index contributed by atoms with van der Waals surface area (Å²) in [5, 5.41) is 17.9. The van der Waals surface area contributed by atoms with E-state index < -0.39 is 31.9 Å². The fraction of sp³-hybridized carbons (Fsp3) is 0.667. The Morgan fingerprint density at radius 3 is 2.58 bits per heavy atom. The number of aliphatic hydroxyl groups excluding tert-OH is 2. The van der Waals surface area contributed by atoms with Crippen molar-refractivity contribution in [1.29, 1.82) is 0 Å². The molecule has 0 spiro atoms. The van der Waals surface area contributed by atoms with Crippen molar-refractivity contribution in [3.8, 4) is 5.63 Å². The van der Waals surface area contributed by atoms with Gasteiger partial charge in [0.1, 0.15) is 0 Å². The number of carbonyl (C=O) groups is 1. The Morgan fingerprint density at radius 1 is 1.83 bits per heavy atom. The van der Waals surface area contributed by atoms with Crippen LogP contribution in [0.15, 0.2) is 0 Å². The summed E-state index contributed by atoms with van der Waals surface area (Å²) in [6, 6.07) is 0. The maximum atomic E-state index is 10.5. The van der Waals surface area contributed by atoms with Gasteiger partial charge in [0.2, 0.25) is 0 Å². The predicted octanol–water partition coefficient (Wildman–Crippen LogP) is -0.918. The van der Waals surface area contributed by atoms with Crippen molar-refractivity contribution in [3.63, 3.8) is 0 Å². The van der Waals surface area contributed by atoms with Gasteiger partial charge in [0.15, 0.2) is 0 Å². The molecule has 0 aromatic rings. The molecule has 1 amide bonds. The first-order valence-corrected chi connectivity index (χ1v) is 3.97. The molecular weight excluding hydrogens is 181 g/mol. The number of nitrogens with two attached hydrogens (primary N) is 1. The van der Waals surface area contributed by atoms with Gasteiger partial charge < -0.3 is 0 Å². The van der Waals surface area contributed by atoms with Crippen molar-refractivity contribution in [2.45, 2.75) is 13.0 Å². The Balaban J connectivity index is 4.82. The molecule has 0 aliphatic rings. The zero-order chi connectivity index (χ0) is 9.78. The topological polar surface area (TPSA) is 101 Å². The predicted molar refractivity (Wildman–Crippen MR) is 41.9 cm³/mol. The van der Waals surface area contributed by atoms with Crippen LogP contribution in [0.2, 0.25) is 0 Å². The Kier molecular flexibility index (Phi) is 4.21. The van der Waals surface area contributed by atoms with Crippen LogP contribution in [0.3, 0.4) is 0 Å². The van der Waals surface area contributed by atoms with Crippen LogP contribution in [0.25, 0.3) is 0 Å². The summed E-state index contributed by atoms with van der Waals surface area (Å²) in [6.45, 7) is 0.777. The van der Waals surface area contributed by atoms with Gasteiger partial charge in [-0.15, -0.1) is 0 Å². The van der Waals surface area contributed by atoms with E-state index in [0.717, 1.165) is 0 Å². The van der Waals surface area contributed by atoms with Crippen LogP contribution in [-0.4, -0.2) is 28.8 Å². The zero-order valence-electron chi connectivity index (χ0n) is 6.52. The van der Waals surface area contributed by atoms with Gasteiger partial charge in [-0.2, -0.15) is 0 Å². The van der Waals surface area contributed by atoms with Crippen molar-refractivity contribution < 1.29 is 19.6 Å². The van der Waals surface area contributed by atoms with Crippen LogP contribution < -0.4 is 5.73 Å². The zero-order valence-corrected chi connectivity index (χ0v) is 7.41. The van der Waals surface area contributed by atoms with Crippen LogP contribution in [0.5, 0.6) is 0 Å². The molecule has 4 N–H and O–H groups in total. The molecule has 5 nitrogen and oxygen atoms in total. The molecule has 0 aromatic heterocycles. The van der Waals surface area contributed by atoms with E-state index in [9.17, 15) is 9.36 Å². The van der Waals surface area contributed by atoms with Gasteiger partial charge in [0.25, 0.3) is 0 Å². The van der Waals surface area contributed by atoms with Crippen LogP contribution in [0.4, 0.5) is 0 Å². The summed E-state index contributed by atoms with van der Waals surface area (Å²) >= 11 is 0. The molecule has 12 heavy (non-hydrogen) atoms. The molecule has 0 bridgehead atoms. The first kappa shape index (κ1) is 11.4. The molecule has 0 rings (SSSR count). The molecule has 0 saturated heterocycles. The Hall–Kier alpha value is -0.600. The van der Waals surface area contributed by atoms with Gasteiger partial charge in [-0.05, 0) is 0 Å². The third kappa shape index (κ3) is 2.47. The van der Waals surface area contributed by atoms with Crippen molar-refractivity contribution in [2.75, 3.05) is 6.61 Å². The van der Waals surface area contributed by atoms with Crippen LogP contribution in [0, 0.1) is 11.0 Å². The number of hydrogen-bond acceptors (Lipinski definition) is 4. The first-order chi connectivity index (χ1) is 5.48. The van der Waals surface area contributed by atoms with Crippen LogP contribution in [0.1, 0.15) is 6.92 Å². The molecule has 68 valence electrons. The third-order valence-electron chi connectivity index (χ3n) is 1.50. The Bertz CT molecular complexity index is 272. The number of hydrogen-bond donors (Lipinski definition) is 3. The van der Waals surface area contributed by atoms with Gasteiger partial charge in [-0.25, -0.2) is 0 Å². The minimum atomic E-state index is -1.58. The minimum absolute atomic E-state index is 0.488. The van der Waals surface area contributed by atoms with Gasteiger partial charge in [0.05, 0.1) is 0 Å². The number of amides is 1. The third-order valence-corrected chi connectivity index (χ3v) is 2.10. The van der Waals surface area contributed by atoms with E-state index in [1.165, 1.54) is 6.92 Å². The summed E-state index contributed by atoms with van der Waals surface area (Å²) in [7, 11) is -0.488. The maximum absolute atomic E-state index is 10.5. The molecule has 0 fully saturated rings. The monoisotopic (exact) mass is 191 g/mol. The van der Waals surface area contributed by atoms with Gasteiger partial charge in [-0.3, -0.25) is 0 Å². The summed E-state index contributed by atoms with van der Waals surface area (Å²) in [6.07, 6.45) is -1.58. The normalized spacial score (nSPS) is 17.2. The van der Waals surface area contributed by atoms with Gasteiger partial charge >= 0.3 is 69.8 Å². The van der Waals surface area contributed by atoms with Gasteiger partial charge in [0, 0.05) is 0 Å². The second-order valence-electron chi connectivity index (χ2n) is 2.58. The van der Waals surface area contributed by atoms with Crippen LogP contribution in [-0.2, 0) is 9.36 Å². The molecule has 0 aliphatic heterocycles. The van der Waals surface area contributed by atoms with Crippen molar-refractivity contribution in [3.05, 3.63) is 0 Å². The van der Waals surface area contributed by atoms with Crippen molar-refractivity contribution in [1.82, 2.24) is 0 Å². The van der Waals surface area contributed by atoms with E-state index in [-0.39, 0.29) is 0 Å². The Morgan fingerprint density at radius 2 is 2.33 bits per heavy atom. The number of rotatable bonds is 3. The fourth-order valence-corrected chi connectivity index (χ4v) is 1.00. The molecule has 6 heteroatoms. The van der Waals surface area contributed by atoms with E-state index in [4.69, 9.17) is 15.9 Å². The number of primary amides is 1. The van der Waals surface area contributed by atoms with E-state index in [2.05, 4.69) is 5.63 Å². The second kappa shape index (κ2) is 4.43. The van der Waals surface area contributed by atoms with E-state index in [0.29, 0.717) is 0 Å². The summed E-state index contributed by atoms with van der Waals surface area (Å²) in [4.78, 5) is 10.5. The number of carbonyl (C=O) groups excluding carboxylic acids is 1. The summed E-state index contributed by atoms with van der Waals surface area (Å²) in [5.74, 6) is -0.984. The Labute approximate surface area is 70.7 Å². The standard InChI is InChI=1S/C6H10NO4P/c1-6(2-8,3-12-11)4(9)5(7)10/h4,8-9H,2H2,1H3,(H2,7,10). The molecule has 0 aliphatic carbocycles. The quantitative estimate of drug-likeness (QED) is 0.502. The molecule has 2 atom stereocenters. The molecule has 0 heterocycles. The molecule has 0 aromatic carbocycles. The number of aliphatic hydroxyl groups is 2. The van der Waals surface area contributed by atoms with Crippen molar-refractivity contribution in [2.24, 2.45) is 11.1 Å². The molecule has 0 radical (unpaired) electrons.